The van der Waals surface area contributed by atoms with Crippen LogP contribution in [0.2, 0.25) is 18.1 Å². The third kappa shape index (κ3) is 5.64. The lowest BCUT2D eigenvalue weighted by molar-refractivity contribution is 0.0904. The van der Waals surface area contributed by atoms with Crippen LogP contribution in [0.1, 0.15) is 31.1 Å². The third-order valence-corrected chi connectivity index (χ3v) is 9.52. The Bertz CT molecular complexity index is 817. The summed E-state index contributed by atoms with van der Waals surface area (Å²) in [5.74, 6) is -0.0684. The standard InChI is InChI=1S/C21H26BrF2NO2Si/c1-20(2,3)28(4,5)27-18-14-10-9-13-17(18)25(15-21(22,23)24)19(26)16-11-7-6-8-12-16/h6-14H,15H2,1-5H3. The van der Waals surface area contributed by atoms with E-state index in [2.05, 4.69) is 49.8 Å². The van der Waals surface area contributed by atoms with E-state index >= 15 is 0 Å². The van der Waals surface area contributed by atoms with Gasteiger partial charge in [-0.3, -0.25) is 9.69 Å². The van der Waals surface area contributed by atoms with Crippen molar-refractivity contribution in [3.05, 3.63) is 60.2 Å². The third-order valence-electron chi connectivity index (χ3n) is 4.93. The molecular formula is C21H26BrF2NO2Si. The molecule has 2 aromatic carbocycles. The van der Waals surface area contributed by atoms with Gasteiger partial charge in [0.15, 0.2) is 0 Å². The summed E-state index contributed by atoms with van der Waals surface area (Å²) in [6, 6.07) is 15.3. The minimum Gasteiger partial charge on any atom is -0.542 e. The van der Waals surface area contributed by atoms with Gasteiger partial charge >= 0.3 is 4.83 Å². The summed E-state index contributed by atoms with van der Waals surface area (Å²) >= 11 is 2.38. The lowest BCUT2D eigenvalue weighted by Gasteiger charge is -2.38. The van der Waals surface area contributed by atoms with E-state index in [1.807, 2.05) is 0 Å². The first-order valence-corrected chi connectivity index (χ1v) is 12.7. The number of para-hydroxylation sites is 2. The molecule has 0 atom stereocenters. The van der Waals surface area contributed by atoms with Crippen molar-refractivity contribution in [3.8, 4) is 5.75 Å². The van der Waals surface area contributed by atoms with Gasteiger partial charge in [0.2, 0.25) is 0 Å². The Kier molecular flexibility index (Phi) is 6.71. The number of rotatable bonds is 6. The van der Waals surface area contributed by atoms with Crippen LogP contribution in [-0.4, -0.2) is 25.6 Å². The van der Waals surface area contributed by atoms with E-state index in [0.717, 1.165) is 4.90 Å². The van der Waals surface area contributed by atoms with E-state index < -0.39 is 25.6 Å². The summed E-state index contributed by atoms with van der Waals surface area (Å²) in [4.78, 5) is 10.9. The van der Waals surface area contributed by atoms with Gasteiger partial charge in [-0.25, -0.2) is 0 Å². The van der Waals surface area contributed by atoms with Crippen LogP contribution in [0.4, 0.5) is 14.5 Å². The van der Waals surface area contributed by atoms with Gasteiger partial charge in [0.25, 0.3) is 14.2 Å². The zero-order valence-electron chi connectivity index (χ0n) is 16.8. The fourth-order valence-corrected chi connectivity index (χ4v) is 3.66. The van der Waals surface area contributed by atoms with Crippen molar-refractivity contribution in [1.29, 1.82) is 0 Å². The second kappa shape index (κ2) is 8.33. The molecule has 0 saturated carbocycles. The first kappa shape index (κ1) is 22.6. The molecule has 0 fully saturated rings. The van der Waals surface area contributed by atoms with E-state index in [1.165, 1.54) is 0 Å². The molecule has 2 rings (SSSR count). The van der Waals surface area contributed by atoms with Crippen molar-refractivity contribution in [2.45, 2.75) is 43.7 Å². The molecule has 3 nitrogen and oxygen atoms in total. The second-order valence-corrected chi connectivity index (χ2v) is 14.1. The summed E-state index contributed by atoms with van der Waals surface area (Å²) in [5, 5.41) is -0.0757. The minimum absolute atomic E-state index is 0.0757. The van der Waals surface area contributed by atoms with Gasteiger partial charge in [-0.1, -0.05) is 51.1 Å². The highest BCUT2D eigenvalue weighted by molar-refractivity contribution is 9.10. The lowest BCUT2D eigenvalue weighted by Crippen LogP contribution is -2.45. The van der Waals surface area contributed by atoms with Crippen LogP contribution in [0.25, 0.3) is 0 Å². The normalized spacial score (nSPS) is 12.6. The van der Waals surface area contributed by atoms with Crippen LogP contribution in [0, 0.1) is 0 Å². The Morgan fingerprint density at radius 1 is 1.04 bits per heavy atom. The van der Waals surface area contributed by atoms with Gasteiger partial charge in [0, 0.05) is 5.56 Å². The molecule has 0 aliphatic rings. The maximum Gasteiger partial charge on any atom is 0.319 e. The quantitative estimate of drug-likeness (QED) is 0.347. The molecule has 0 aliphatic carbocycles. The highest BCUT2D eigenvalue weighted by Crippen LogP contribution is 2.41. The number of hydrogen-bond donors (Lipinski definition) is 0. The van der Waals surface area contributed by atoms with Crippen molar-refractivity contribution >= 4 is 35.8 Å². The summed E-state index contributed by atoms with van der Waals surface area (Å²) in [7, 11) is -2.23. The van der Waals surface area contributed by atoms with Crippen LogP contribution in [0.5, 0.6) is 5.75 Å². The van der Waals surface area contributed by atoms with Gasteiger partial charge in [-0.15, -0.1) is 0 Å². The van der Waals surface area contributed by atoms with E-state index in [-0.39, 0.29) is 5.04 Å². The average molecular weight is 470 g/mol. The second-order valence-electron chi connectivity index (χ2n) is 8.20. The molecule has 7 heteroatoms. The number of halogens is 3. The summed E-state index contributed by atoms with van der Waals surface area (Å²) < 4.78 is 34.1. The predicted molar refractivity (Wildman–Crippen MR) is 116 cm³/mol. The largest absolute Gasteiger partial charge is 0.542 e. The summed E-state index contributed by atoms with van der Waals surface area (Å²) in [6.45, 7) is 9.64. The molecule has 0 heterocycles. The lowest BCUT2D eigenvalue weighted by atomic mass is 10.1. The Morgan fingerprint density at radius 3 is 2.11 bits per heavy atom. The van der Waals surface area contributed by atoms with Crippen molar-refractivity contribution in [3.63, 3.8) is 0 Å². The zero-order chi connectivity index (χ0) is 21.2. The highest BCUT2D eigenvalue weighted by atomic mass is 79.9. The van der Waals surface area contributed by atoms with Gasteiger partial charge in [-0.05, 0) is 58.3 Å². The molecule has 2 aromatic rings. The number of alkyl halides is 3. The van der Waals surface area contributed by atoms with Crippen LogP contribution >= 0.6 is 15.9 Å². The molecule has 0 radical (unpaired) electrons. The van der Waals surface area contributed by atoms with Crippen LogP contribution in [-0.2, 0) is 0 Å². The monoisotopic (exact) mass is 469 g/mol. The molecule has 0 unspecified atom stereocenters. The van der Waals surface area contributed by atoms with Crippen LogP contribution < -0.4 is 9.33 Å². The molecule has 152 valence electrons. The van der Waals surface area contributed by atoms with Gasteiger partial charge in [-0.2, -0.15) is 8.78 Å². The van der Waals surface area contributed by atoms with Crippen LogP contribution in [0.3, 0.4) is 0 Å². The molecule has 0 saturated heterocycles. The van der Waals surface area contributed by atoms with Crippen molar-refractivity contribution in [1.82, 2.24) is 0 Å². The number of anilines is 1. The Morgan fingerprint density at radius 2 is 1.57 bits per heavy atom. The maximum absolute atomic E-state index is 13.9. The van der Waals surface area contributed by atoms with Gasteiger partial charge in [0.1, 0.15) is 12.3 Å². The molecule has 1 amide bonds. The first-order valence-electron chi connectivity index (χ1n) is 9.03. The Labute approximate surface area is 175 Å². The number of amides is 1. The topological polar surface area (TPSA) is 29.5 Å². The van der Waals surface area contributed by atoms with Crippen LogP contribution in [0.15, 0.2) is 54.6 Å². The van der Waals surface area contributed by atoms with E-state index in [9.17, 15) is 13.6 Å². The zero-order valence-corrected chi connectivity index (χ0v) is 19.4. The number of carbonyl (C=O) groups excluding carboxylic acids is 1. The van der Waals surface area contributed by atoms with Crippen molar-refractivity contribution in [2.75, 3.05) is 11.4 Å². The highest BCUT2D eigenvalue weighted by Gasteiger charge is 2.40. The maximum atomic E-state index is 13.9. The Balaban J connectivity index is 2.51. The Hall–Kier alpha value is -1.73. The van der Waals surface area contributed by atoms with Crippen molar-refractivity contribution in [2.24, 2.45) is 0 Å². The minimum atomic E-state index is -3.23. The first-order chi connectivity index (χ1) is 12.8. The number of hydrogen-bond acceptors (Lipinski definition) is 2. The van der Waals surface area contributed by atoms with E-state index in [0.29, 0.717) is 17.0 Å². The molecule has 0 aliphatic heterocycles. The average Bonchev–Trinajstić information content (AvgIpc) is 2.58. The number of nitrogens with zero attached hydrogens (tertiary/aromatic N) is 1. The number of benzene rings is 2. The van der Waals surface area contributed by atoms with Gasteiger partial charge < -0.3 is 4.43 Å². The van der Waals surface area contributed by atoms with E-state index in [1.54, 1.807) is 54.6 Å². The molecular weight excluding hydrogens is 444 g/mol. The number of carbonyl (C=O) groups is 1. The molecule has 0 spiro atoms. The fraction of sp³-hybridized carbons (Fsp3) is 0.381. The summed E-state index contributed by atoms with van der Waals surface area (Å²) in [6.07, 6.45) is 0. The van der Waals surface area contributed by atoms with E-state index in [4.69, 9.17) is 4.43 Å². The van der Waals surface area contributed by atoms with Crippen molar-refractivity contribution < 1.29 is 18.0 Å². The smallest absolute Gasteiger partial charge is 0.319 e. The summed E-state index contributed by atoms with van der Waals surface area (Å²) in [5.41, 5.74) is 0.668. The SMILES string of the molecule is CC(C)(C)[Si](C)(C)Oc1ccccc1N(CC(F)(F)Br)C(=O)c1ccccc1. The molecule has 28 heavy (non-hydrogen) atoms. The van der Waals surface area contributed by atoms with Gasteiger partial charge in [0.05, 0.1) is 5.69 Å². The predicted octanol–water partition coefficient (Wildman–Crippen LogP) is 6.71. The fourth-order valence-electron chi connectivity index (χ4n) is 2.38. The molecule has 0 N–H and O–H groups in total. The molecule has 0 bridgehead atoms. The molecule has 0 aromatic heterocycles.